The minimum atomic E-state index is -0.614. The number of imide groups is 1. The van der Waals surface area contributed by atoms with E-state index in [0.29, 0.717) is 5.56 Å². The molecule has 2 rings (SSSR count). The van der Waals surface area contributed by atoms with E-state index in [1.165, 1.54) is 0 Å². The maximum absolute atomic E-state index is 11.6. The van der Waals surface area contributed by atoms with Crippen LogP contribution in [0.15, 0.2) is 42.1 Å². The zero-order valence-corrected chi connectivity index (χ0v) is 8.19. The number of hydrogen-bond donors (Lipinski definition) is 2. The molecule has 1 heterocycles. The Hall–Kier alpha value is -2.43. The molecule has 0 aromatic heterocycles. The van der Waals surface area contributed by atoms with E-state index in [2.05, 4.69) is 5.32 Å². The van der Waals surface area contributed by atoms with Crippen LogP contribution >= 0.6 is 0 Å². The van der Waals surface area contributed by atoms with E-state index < -0.39 is 11.9 Å². The van der Waals surface area contributed by atoms with Crippen LogP contribution in [0.4, 0.5) is 4.79 Å². The van der Waals surface area contributed by atoms with Crippen molar-refractivity contribution >= 4 is 17.7 Å². The Labute approximate surface area is 91.1 Å². The van der Waals surface area contributed by atoms with Crippen LogP contribution in [0, 0.1) is 0 Å². The molecular formula is C11H8N2O3. The van der Waals surface area contributed by atoms with Gasteiger partial charge in [-0.3, -0.25) is 14.9 Å². The van der Waals surface area contributed by atoms with Crippen molar-refractivity contribution in [1.82, 2.24) is 10.6 Å². The van der Waals surface area contributed by atoms with E-state index in [0.717, 1.165) is 6.08 Å². The Morgan fingerprint density at radius 1 is 1.06 bits per heavy atom. The number of benzene rings is 1. The number of carbonyl (C=O) groups excluding carboxylic acids is 3. The minimum Gasteiger partial charge on any atom is -0.303 e. The Balaban J connectivity index is 2.22. The summed E-state index contributed by atoms with van der Waals surface area (Å²) in [5.41, 5.74) is 0.433. The molecule has 1 aromatic carbocycles. The molecule has 5 nitrogen and oxygen atoms in total. The second kappa shape index (κ2) is 3.98. The fraction of sp³-hybridized carbons (Fsp3) is 0. The highest BCUT2D eigenvalue weighted by Gasteiger charge is 2.23. The van der Waals surface area contributed by atoms with Crippen LogP contribution in [-0.2, 0) is 4.79 Å². The second-order valence-corrected chi connectivity index (χ2v) is 3.20. The third-order valence-electron chi connectivity index (χ3n) is 2.05. The van der Waals surface area contributed by atoms with Gasteiger partial charge in [-0.25, -0.2) is 4.79 Å². The molecule has 1 fully saturated rings. The number of ketones is 1. The predicted molar refractivity (Wildman–Crippen MR) is 55.5 cm³/mol. The molecule has 2 N–H and O–H groups in total. The number of nitrogens with one attached hydrogen (secondary N) is 2. The first-order valence-corrected chi connectivity index (χ1v) is 4.60. The first-order valence-electron chi connectivity index (χ1n) is 4.60. The van der Waals surface area contributed by atoms with E-state index in [-0.39, 0.29) is 11.5 Å². The van der Waals surface area contributed by atoms with Crippen molar-refractivity contribution in [3.63, 3.8) is 0 Å². The summed E-state index contributed by atoms with van der Waals surface area (Å²) in [5, 5.41) is 4.26. The summed E-state index contributed by atoms with van der Waals surface area (Å²) in [6.07, 6.45) is 1.11. The normalized spacial score (nSPS) is 17.1. The molecule has 16 heavy (non-hydrogen) atoms. The lowest BCUT2D eigenvalue weighted by atomic mass is 10.1. The molecule has 0 spiro atoms. The van der Waals surface area contributed by atoms with Gasteiger partial charge in [0.1, 0.15) is 5.70 Å². The van der Waals surface area contributed by atoms with Gasteiger partial charge >= 0.3 is 6.03 Å². The van der Waals surface area contributed by atoms with Crippen LogP contribution in [0.2, 0.25) is 0 Å². The molecule has 0 bridgehead atoms. The maximum atomic E-state index is 11.6. The number of amides is 3. The summed E-state index contributed by atoms with van der Waals surface area (Å²) in [5.74, 6) is -0.915. The number of rotatable bonds is 2. The Kier molecular flexibility index (Phi) is 2.51. The van der Waals surface area contributed by atoms with Gasteiger partial charge < -0.3 is 5.32 Å². The lowest BCUT2D eigenvalue weighted by Gasteiger charge is -1.95. The Morgan fingerprint density at radius 3 is 2.31 bits per heavy atom. The maximum Gasteiger partial charge on any atom is 0.326 e. The molecular weight excluding hydrogens is 208 g/mol. The predicted octanol–water partition coefficient (Wildman–Crippen LogP) is 0.593. The van der Waals surface area contributed by atoms with Gasteiger partial charge in [0, 0.05) is 11.6 Å². The van der Waals surface area contributed by atoms with Crippen LogP contribution in [-0.4, -0.2) is 17.7 Å². The quantitative estimate of drug-likeness (QED) is 0.431. The molecule has 0 atom stereocenters. The molecule has 1 aromatic rings. The molecule has 0 aliphatic carbocycles. The molecule has 1 aliphatic rings. The molecule has 0 saturated carbocycles. The van der Waals surface area contributed by atoms with Gasteiger partial charge in [0.15, 0.2) is 5.78 Å². The van der Waals surface area contributed by atoms with E-state index >= 15 is 0 Å². The van der Waals surface area contributed by atoms with E-state index in [1.807, 2.05) is 5.32 Å². The molecule has 3 amide bonds. The summed E-state index contributed by atoms with van der Waals surface area (Å²) in [6, 6.07) is 7.88. The van der Waals surface area contributed by atoms with Crippen molar-refractivity contribution in [2.45, 2.75) is 0 Å². The Bertz CT molecular complexity index is 491. The van der Waals surface area contributed by atoms with Gasteiger partial charge in [-0.2, -0.15) is 0 Å². The number of carbonyl (C=O) groups is 3. The monoisotopic (exact) mass is 216 g/mol. The highest BCUT2D eigenvalue weighted by Crippen LogP contribution is 2.04. The third-order valence-corrected chi connectivity index (χ3v) is 2.05. The average Bonchev–Trinajstić information content (AvgIpc) is 2.59. The molecule has 0 radical (unpaired) electrons. The van der Waals surface area contributed by atoms with Crippen molar-refractivity contribution < 1.29 is 14.4 Å². The molecule has 1 aliphatic heterocycles. The Morgan fingerprint density at radius 2 is 1.75 bits per heavy atom. The second-order valence-electron chi connectivity index (χ2n) is 3.20. The topological polar surface area (TPSA) is 75.3 Å². The summed E-state index contributed by atoms with van der Waals surface area (Å²) in [4.78, 5) is 33.6. The van der Waals surface area contributed by atoms with Crippen molar-refractivity contribution in [2.24, 2.45) is 0 Å². The molecule has 5 heteroatoms. The highest BCUT2D eigenvalue weighted by molar-refractivity contribution is 6.16. The standard InChI is InChI=1S/C11H8N2O3/c14-9(7-4-2-1-3-5-7)6-8-10(15)13-11(16)12-8/h1-6H,(H2,12,13,15,16). The number of allylic oxidation sites excluding steroid dienone is 1. The van der Waals surface area contributed by atoms with Crippen LogP contribution in [0.25, 0.3) is 0 Å². The van der Waals surface area contributed by atoms with Crippen LogP contribution in [0.5, 0.6) is 0 Å². The van der Waals surface area contributed by atoms with Crippen molar-refractivity contribution in [3.8, 4) is 0 Å². The zero-order chi connectivity index (χ0) is 11.5. The van der Waals surface area contributed by atoms with Crippen molar-refractivity contribution in [2.75, 3.05) is 0 Å². The highest BCUT2D eigenvalue weighted by atomic mass is 16.2. The van der Waals surface area contributed by atoms with Crippen molar-refractivity contribution in [3.05, 3.63) is 47.7 Å². The van der Waals surface area contributed by atoms with Gasteiger partial charge in [0.05, 0.1) is 0 Å². The summed E-state index contributed by atoms with van der Waals surface area (Å²) in [6.45, 7) is 0. The minimum absolute atomic E-state index is 0.0288. The van der Waals surface area contributed by atoms with Gasteiger partial charge in [-0.15, -0.1) is 0 Å². The number of urea groups is 1. The molecule has 1 saturated heterocycles. The molecule has 0 unspecified atom stereocenters. The SMILES string of the molecule is O=C1NC(=O)C(=CC(=O)c2ccccc2)N1. The third kappa shape index (κ3) is 1.98. The van der Waals surface area contributed by atoms with E-state index in [9.17, 15) is 14.4 Å². The fourth-order valence-corrected chi connectivity index (χ4v) is 1.30. The van der Waals surface area contributed by atoms with E-state index in [4.69, 9.17) is 0 Å². The smallest absolute Gasteiger partial charge is 0.303 e. The van der Waals surface area contributed by atoms with Gasteiger partial charge in [-0.05, 0) is 0 Å². The fourth-order valence-electron chi connectivity index (χ4n) is 1.30. The summed E-state index contributed by atoms with van der Waals surface area (Å²) < 4.78 is 0. The largest absolute Gasteiger partial charge is 0.326 e. The van der Waals surface area contributed by atoms with Gasteiger partial charge in [-0.1, -0.05) is 30.3 Å². The first-order chi connectivity index (χ1) is 7.66. The zero-order valence-electron chi connectivity index (χ0n) is 8.19. The van der Waals surface area contributed by atoms with E-state index in [1.54, 1.807) is 30.3 Å². The lowest BCUT2D eigenvalue weighted by Crippen LogP contribution is -2.22. The van der Waals surface area contributed by atoms with Crippen LogP contribution in [0.3, 0.4) is 0 Å². The van der Waals surface area contributed by atoms with Gasteiger partial charge in [0.25, 0.3) is 5.91 Å². The van der Waals surface area contributed by atoms with Gasteiger partial charge in [0.2, 0.25) is 0 Å². The number of hydrogen-bond acceptors (Lipinski definition) is 3. The summed E-state index contributed by atoms with van der Waals surface area (Å²) in [7, 11) is 0. The first kappa shape index (κ1) is 10.1. The van der Waals surface area contributed by atoms with Crippen LogP contribution < -0.4 is 10.6 Å². The average molecular weight is 216 g/mol. The lowest BCUT2D eigenvalue weighted by molar-refractivity contribution is -0.115. The van der Waals surface area contributed by atoms with Crippen molar-refractivity contribution in [1.29, 1.82) is 0 Å². The molecule has 80 valence electrons. The van der Waals surface area contributed by atoms with Crippen LogP contribution in [0.1, 0.15) is 10.4 Å². The summed E-state index contributed by atoms with van der Waals surface area (Å²) >= 11 is 0.